The van der Waals surface area contributed by atoms with Crippen LogP contribution in [-0.4, -0.2) is 56.5 Å². The van der Waals surface area contributed by atoms with E-state index in [4.69, 9.17) is 28.3 Å². The average Bonchev–Trinajstić information content (AvgIpc) is 2.83. The number of aliphatic hydroxyl groups is 1. The van der Waals surface area contributed by atoms with Crippen molar-refractivity contribution in [2.75, 3.05) is 6.54 Å². The molecule has 3 N–H and O–H groups in total. The Kier molecular flexibility index (Phi) is 6.51. The number of likely N-dealkylation sites (tertiary alicyclic amines) is 1. The van der Waals surface area contributed by atoms with Gasteiger partial charge in [0.2, 0.25) is 11.8 Å². The van der Waals surface area contributed by atoms with Crippen LogP contribution in [0.5, 0.6) is 0 Å². The minimum atomic E-state index is -1.61. The molecule has 0 aliphatic carbocycles. The summed E-state index contributed by atoms with van der Waals surface area (Å²) in [5.74, 6) is -2.20. The number of rotatable bonds is 6. The number of nitrogens with one attached hydrogen (secondary N) is 1. The second kappa shape index (κ2) is 7.66. The third-order valence-corrected chi connectivity index (χ3v) is 3.29. The lowest BCUT2D eigenvalue weighted by atomic mass is 10.1. The molecule has 2 atom stereocenters. The van der Waals surface area contributed by atoms with Crippen LogP contribution in [-0.2, 0) is 14.4 Å². The number of carboxylic acids is 1. The van der Waals surface area contributed by atoms with Crippen molar-refractivity contribution in [3.8, 4) is 0 Å². The zero-order valence-electron chi connectivity index (χ0n) is 10.6. The Morgan fingerprint density at radius 3 is 2.50 bits per heavy atom. The molecule has 1 aliphatic heterocycles. The van der Waals surface area contributed by atoms with E-state index in [0.29, 0.717) is 19.4 Å². The second-order valence-corrected chi connectivity index (χ2v) is 5.54. The molecule has 1 fully saturated rings. The number of halogens is 2. The lowest BCUT2D eigenvalue weighted by molar-refractivity contribution is -0.152. The Morgan fingerprint density at radius 2 is 1.95 bits per heavy atom. The van der Waals surface area contributed by atoms with E-state index < -0.39 is 29.0 Å². The van der Waals surface area contributed by atoms with Crippen LogP contribution < -0.4 is 5.32 Å². The van der Waals surface area contributed by atoms with E-state index in [1.807, 2.05) is 0 Å². The molecular weight excluding hydrogens is 311 g/mol. The van der Waals surface area contributed by atoms with Gasteiger partial charge >= 0.3 is 5.97 Å². The molecule has 0 aromatic heterocycles. The molecule has 0 bridgehead atoms. The Labute approximate surface area is 125 Å². The fourth-order valence-electron chi connectivity index (χ4n) is 2.15. The molecule has 0 spiro atoms. The molecule has 1 heterocycles. The van der Waals surface area contributed by atoms with Gasteiger partial charge in [0.05, 0.1) is 6.04 Å². The molecule has 2 amide bonds. The fraction of sp³-hybridized carbons (Fsp3) is 0.727. The summed E-state index contributed by atoms with van der Waals surface area (Å²) in [5, 5.41) is 20.5. The highest BCUT2D eigenvalue weighted by molar-refractivity contribution is 6.44. The molecule has 9 heteroatoms. The van der Waals surface area contributed by atoms with Gasteiger partial charge in [-0.1, -0.05) is 23.2 Å². The Balaban J connectivity index is 2.50. The standard InChI is InChI=1S/C11H16Cl2N2O5/c12-11(13)14-7(16)3-4-8(17)15-5-1-2-6(15)9(18)10(19)20/h6,9,11,18H,1-5H2,(H,14,16)(H,19,20)/t6-,9?/m0/s1. The number of carbonyl (C=O) groups is 3. The molecule has 1 unspecified atom stereocenters. The molecule has 20 heavy (non-hydrogen) atoms. The maximum absolute atomic E-state index is 11.9. The van der Waals surface area contributed by atoms with Gasteiger partial charge in [-0.15, -0.1) is 0 Å². The molecule has 114 valence electrons. The lowest BCUT2D eigenvalue weighted by Gasteiger charge is -2.26. The van der Waals surface area contributed by atoms with E-state index in [1.54, 1.807) is 0 Å². The number of amides is 2. The van der Waals surface area contributed by atoms with Gasteiger partial charge in [0.1, 0.15) is 0 Å². The van der Waals surface area contributed by atoms with Crippen molar-refractivity contribution in [1.82, 2.24) is 10.2 Å². The number of hydrogen-bond donors (Lipinski definition) is 3. The average molecular weight is 327 g/mol. The predicted octanol–water partition coefficient (Wildman–Crippen LogP) is 0.0805. The third-order valence-electron chi connectivity index (χ3n) is 3.07. The summed E-state index contributed by atoms with van der Waals surface area (Å²) in [4.78, 5) is 34.3. The molecule has 7 nitrogen and oxygen atoms in total. The van der Waals surface area contributed by atoms with E-state index in [1.165, 1.54) is 4.90 Å². The fourth-order valence-corrected chi connectivity index (χ4v) is 2.40. The largest absolute Gasteiger partial charge is 0.479 e. The van der Waals surface area contributed by atoms with Crippen LogP contribution in [0.3, 0.4) is 0 Å². The molecule has 1 saturated heterocycles. The Morgan fingerprint density at radius 1 is 1.30 bits per heavy atom. The maximum Gasteiger partial charge on any atom is 0.334 e. The summed E-state index contributed by atoms with van der Waals surface area (Å²) in [6, 6.07) is -0.739. The van der Waals surface area contributed by atoms with Crippen molar-refractivity contribution in [1.29, 1.82) is 0 Å². The van der Waals surface area contributed by atoms with E-state index in [-0.39, 0.29) is 18.7 Å². The first kappa shape index (κ1) is 17.0. The van der Waals surface area contributed by atoms with Gasteiger partial charge in [-0.2, -0.15) is 0 Å². The summed E-state index contributed by atoms with van der Waals surface area (Å²) in [5.41, 5.74) is 0. The van der Waals surface area contributed by atoms with Gasteiger partial charge in [0.15, 0.2) is 11.1 Å². The first-order valence-electron chi connectivity index (χ1n) is 6.10. The van der Waals surface area contributed by atoms with Crippen molar-refractivity contribution in [2.45, 2.75) is 42.8 Å². The summed E-state index contributed by atoms with van der Waals surface area (Å²) < 4.78 is 0. The highest BCUT2D eigenvalue weighted by Crippen LogP contribution is 2.21. The first-order valence-corrected chi connectivity index (χ1v) is 6.98. The van der Waals surface area contributed by atoms with Crippen LogP contribution in [0, 0.1) is 0 Å². The SMILES string of the molecule is O=C(CCC(=O)N1CCC[C@H]1C(O)C(=O)O)NC(Cl)Cl. The summed E-state index contributed by atoms with van der Waals surface area (Å²) >= 11 is 10.7. The number of carbonyl (C=O) groups excluding carboxylic acids is 2. The van der Waals surface area contributed by atoms with Crippen LogP contribution in [0.1, 0.15) is 25.7 Å². The van der Waals surface area contributed by atoms with Crippen LogP contribution in [0.2, 0.25) is 0 Å². The number of nitrogens with zero attached hydrogens (tertiary/aromatic N) is 1. The van der Waals surface area contributed by atoms with Crippen LogP contribution in [0.4, 0.5) is 0 Å². The number of alkyl halides is 2. The highest BCUT2D eigenvalue weighted by atomic mass is 35.5. The van der Waals surface area contributed by atoms with E-state index >= 15 is 0 Å². The Bertz CT molecular complexity index is 391. The van der Waals surface area contributed by atoms with Crippen molar-refractivity contribution in [3.05, 3.63) is 0 Å². The van der Waals surface area contributed by atoms with Gasteiger partial charge in [-0.25, -0.2) is 4.79 Å². The molecule has 0 aromatic carbocycles. The molecular formula is C11H16Cl2N2O5. The summed E-state index contributed by atoms with van der Waals surface area (Å²) in [6.45, 7) is 0.378. The minimum Gasteiger partial charge on any atom is -0.479 e. The number of hydrogen-bond acceptors (Lipinski definition) is 4. The minimum absolute atomic E-state index is 0.0881. The van der Waals surface area contributed by atoms with Gasteiger partial charge in [-0.05, 0) is 12.8 Å². The van der Waals surface area contributed by atoms with Crippen LogP contribution >= 0.6 is 23.2 Å². The lowest BCUT2D eigenvalue weighted by Crippen LogP contribution is -2.46. The van der Waals surface area contributed by atoms with E-state index in [9.17, 15) is 19.5 Å². The zero-order chi connectivity index (χ0) is 15.3. The van der Waals surface area contributed by atoms with E-state index in [2.05, 4.69) is 5.32 Å². The van der Waals surface area contributed by atoms with Crippen LogP contribution in [0.15, 0.2) is 0 Å². The molecule has 0 saturated carbocycles. The van der Waals surface area contributed by atoms with Gasteiger partial charge in [-0.3, -0.25) is 9.59 Å². The normalized spacial score (nSPS) is 20.0. The summed E-state index contributed by atoms with van der Waals surface area (Å²) in [7, 11) is 0. The van der Waals surface area contributed by atoms with E-state index in [0.717, 1.165) is 0 Å². The van der Waals surface area contributed by atoms with Crippen molar-refractivity contribution in [3.63, 3.8) is 0 Å². The topological polar surface area (TPSA) is 107 Å². The Hall–Kier alpha value is -1.05. The third kappa shape index (κ3) is 4.81. The number of carboxylic acid groups (broad SMARTS) is 1. The van der Waals surface area contributed by atoms with Crippen LogP contribution in [0.25, 0.3) is 0 Å². The molecule has 0 radical (unpaired) electrons. The summed E-state index contributed by atoms with van der Waals surface area (Å²) in [6.07, 6.45) is -0.740. The zero-order valence-corrected chi connectivity index (χ0v) is 12.1. The predicted molar refractivity (Wildman–Crippen MR) is 71.2 cm³/mol. The quantitative estimate of drug-likeness (QED) is 0.473. The molecule has 1 rings (SSSR count). The van der Waals surface area contributed by atoms with Crippen molar-refractivity contribution < 1.29 is 24.6 Å². The second-order valence-electron chi connectivity index (χ2n) is 4.45. The van der Waals surface area contributed by atoms with Gasteiger partial charge in [0.25, 0.3) is 0 Å². The maximum atomic E-state index is 11.9. The molecule has 1 aliphatic rings. The monoisotopic (exact) mass is 326 g/mol. The number of aliphatic carboxylic acids is 1. The number of aliphatic hydroxyl groups excluding tert-OH is 1. The smallest absolute Gasteiger partial charge is 0.334 e. The first-order chi connectivity index (χ1) is 9.32. The van der Waals surface area contributed by atoms with Gasteiger partial charge in [0, 0.05) is 19.4 Å². The van der Waals surface area contributed by atoms with Gasteiger partial charge < -0.3 is 20.4 Å². The van der Waals surface area contributed by atoms with Crippen molar-refractivity contribution in [2.24, 2.45) is 0 Å². The van der Waals surface area contributed by atoms with Crippen molar-refractivity contribution >= 4 is 41.0 Å². The highest BCUT2D eigenvalue weighted by Gasteiger charge is 2.37. The molecule has 0 aromatic rings.